The van der Waals surface area contributed by atoms with E-state index >= 15 is 0 Å². The van der Waals surface area contributed by atoms with Crippen LogP contribution >= 0.6 is 0 Å². The first-order valence-electron chi connectivity index (χ1n) is 8.58. The first kappa shape index (κ1) is 17.0. The lowest BCUT2D eigenvalue weighted by Crippen LogP contribution is -2.49. The van der Waals surface area contributed by atoms with Crippen LogP contribution in [0, 0.1) is 5.41 Å². The molecule has 1 rings (SSSR count). The van der Waals surface area contributed by atoms with Crippen LogP contribution in [-0.4, -0.2) is 37.1 Å². The molecule has 1 aliphatic heterocycles. The van der Waals surface area contributed by atoms with E-state index in [1.54, 1.807) is 0 Å². The topological polar surface area (TPSA) is 15.3 Å². The fourth-order valence-electron chi connectivity index (χ4n) is 3.50. The van der Waals surface area contributed by atoms with E-state index in [1.807, 2.05) is 0 Å². The van der Waals surface area contributed by atoms with E-state index in [4.69, 9.17) is 0 Å². The number of piperidine rings is 1. The summed E-state index contributed by atoms with van der Waals surface area (Å²) >= 11 is 0. The summed E-state index contributed by atoms with van der Waals surface area (Å²) in [6, 6.07) is 0.688. The molecule has 1 atom stereocenters. The van der Waals surface area contributed by atoms with Gasteiger partial charge in [0.15, 0.2) is 0 Å². The lowest BCUT2D eigenvalue weighted by molar-refractivity contribution is 0.0852. The molecule has 0 aromatic carbocycles. The van der Waals surface area contributed by atoms with Crippen LogP contribution in [-0.2, 0) is 0 Å². The molecule has 19 heavy (non-hydrogen) atoms. The summed E-state index contributed by atoms with van der Waals surface area (Å²) in [7, 11) is 0. The molecule has 2 heteroatoms. The minimum Gasteiger partial charge on any atom is -0.316 e. The lowest BCUT2D eigenvalue weighted by Gasteiger charge is -2.43. The molecular weight excluding hydrogens is 232 g/mol. The molecule has 1 heterocycles. The van der Waals surface area contributed by atoms with Crippen molar-refractivity contribution < 1.29 is 0 Å². The summed E-state index contributed by atoms with van der Waals surface area (Å²) in [4.78, 5) is 2.73. The van der Waals surface area contributed by atoms with Crippen LogP contribution < -0.4 is 5.32 Å². The number of nitrogens with one attached hydrogen (secondary N) is 1. The molecular formula is C17H36N2. The van der Waals surface area contributed by atoms with Crippen LogP contribution in [0.15, 0.2) is 0 Å². The molecule has 0 aromatic rings. The van der Waals surface area contributed by atoms with Gasteiger partial charge >= 0.3 is 0 Å². The van der Waals surface area contributed by atoms with Gasteiger partial charge in [0.05, 0.1) is 0 Å². The largest absolute Gasteiger partial charge is 0.316 e. The molecule has 0 radical (unpaired) electrons. The number of rotatable bonds is 9. The predicted octanol–water partition coefficient (Wildman–Crippen LogP) is 4.06. The molecule has 0 bridgehead atoms. The van der Waals surface area contributed by atoms with Crippen molar-refractivity contribution in [2.45, 2.75) is 78.7 Å². The van der Waals surface area contributed by atoms with Crippen LogP contribution in [0.4, 0.5) is 0 Å². The highest BCUT2D eigenvalue weighted by Crippen LogP contribution is 2.33. The van der Waals surface area contributed by atoms with Crippen LogP contribution in [0.25, 0.3) is 0 Å². The van der Waals surface area contributed by atoms with Gasteiger partial charge in [-0.15, -0.1) is 0 Å². The summed E-state index contributed by atoms with van der Waals surface area (Å²) in [6.45, 7) is 14.4. The molecule has 1 fully saturated rings. The third-order valence-corrected chi connectivity index (χ3v) is 4.66. The highest BCUT2D eigenvalue weighted by atomic mass is 15.2. The molecule has 0 spiro atoms. The number of hydrogen-bond acceptors (Lipinski definition) is 2. The second-order valence-electron chi connectivity index (χ2n) is 6.80. The maximum Gasteiger partial charge on any atom is 0.00529 e. The molecule has 0 saturated carbocycles. The van der Waals surface area contributed by atoms with Gasteiger partial charge in [-0.05, 0) is 58.0 Å². The Bertz CT molecular complexity index is 214. The summed E-state index contributed by atoms with van der Waals surface area (Å²) in [5.41, 5.74) is 0.545. The molecule has 0 aliphatic carbocycles. The zero-order valence-corrected chi connectivity index (χ0v) is 13.8. The van der Waals surface area contributed by atoms with Crippen molar-refractivity contribution in [3.8, 4) is 0 Å². The Kier molecular flexibility index (Phi) is 8.01. The fraction of sp³-hybridized carbons (Fsp3) is 1.00. The van der Waals surface area contributed by atoms with Crippen molar-refractivity contribution in [1.29, 1.82) is 0 Å². The summed E-state index contributed by atoms with van der Waals surface area (Å²) < 4.78 is 0. The second kappa shape index (κ2) is 8.97. The molecule has 0 aromatic heterocycles. The number of hydrogen-bond donors (Lipinski definition) is 1. The maximum atomic E-state index is 3.65. The van der Waals surface area contributed by atoms with Crippen molar-refractivity contribution in [2.75, 3.05) is 26.2 Å². The molecule has 0 amide bonds. The SMILES string of the molecule is CCCCCN(CC1(CCC)CCCNC1)C(C)C. The van der Waals surface area contributed by atoms with E-state index in [1.165, 1.54) is 71.1 Å². The Balaban J connectivity index is 2.56. The Morgan fingerprint density at radius 3 is 2.47 bits per heavy atom. The van der Waals surface area contributed by atoms with Gasteiger partial charge in [0.1, 0.15) is 0 Å². The van der Waals surface area contributed by atoms with Gasteiger partial charge in [0.25, 0.3) is 0 Å². The van der Waals surface area contributed by atoms with E-state index < -0.39 is 0 Å². The van der Waals surface area contributed by atoms with Crippen LogP contribution in [0.3, 0.4) is 0 Å². The molecule has 2 nitrogen and oxygen atoms in total. The van der Waals surface area contributed by atoms with Gasteiger partial charge in [0.2, 0.25) is 0 Å². The summed E-state index contributed by atoms with van der Waals surface area (Å²) in [5.74, 6) is 0. The summed E-state index contributed by atoms with van der Waals surface area (Å²) in [5, 5.41) is 3.65. The Morgan fingerprint density at radius 1 is 1.16 bits per heavy atom. The molecule has 1 unspecified atom stereocenters. The minimum absolute atomic E-state index is 0.545. The van der Waals surface area contributed by atoms with E-state index in [0.29, 0.717) is 11.5 Å². The van der Waals surface area contributed by atoms with Gasteiger partial charge in [0, 0.05) is 19.1 Å². The highest BCUT2D eigenvalue weighted by Gasteiger charge is 2.33. The maximum absolute atomic E-state index is 3.65. The van der Waals surface area contributed by atoms with Crippen LogP contribution in [0.5, 0.6) is 0 Å². The highest BCUT2D eigenvalue weighted by molar-refractivity contribution is 4.88. The molecule has 114 valence electrons. The summed E-state index contributed by atoms with van der Waals surface area (Å²) in [6.07, 6.45) is 9.56. The average Bonchev–Trinajstić information content (AvgIpc) is 2.39. The van der Waals surface area contributed by atoms with Gasteiger partial charge in [-0.3, -0.25) is 0 Å². The molecule has 1 saturated heterocycles. The smallest absolute Gasteiger partial charge is 0.00529 e. The normalized spacial score (nSPS) is 24.3. The zero-order chi connectivity index (χ0) is 14.1. The fourth-order valence-corrected chi connectivity index (χ4v) is 3.50. The zero-order valence-electron chi connectivity index (χ0n) is 13.8. The third kappa shape index (κ3) is 5.83. The van der Waals surface area contributed by atoms with Gasteiger partial charge in [-0.1, -0.05) is 33.1 Å². The van der Waals surface area contributed by atoms with Crippen LogP contribution in [0.2, 0.25) is 0 Å². The van der Waals surface area contributed by atoms with Crippen LogP contribution in [0.1, 0.15) is 72.6 Å². The average molecular weight is 268 g/mol. The van der Waals surface area contributed by atoms with E-state index in [9.17, 15) is 0 Å². The first-order valence-corrected chi connectivity index (χ1v) is 8.58. The molecule has 1 N–H and O–H groups in total. The first-order chi connectivity index (χ1) is 9.13. The lowest BCUT2D eigenvalue weighted by atomic mass is 9.76. The third-order valence-electron chi connectivity index (χ3n) is 4.66. The Hall–Kier alpha value is -0.0800. The van der Waals surface area contributed by atoms with Gasteiger partial charge < -0.3 is 10.2 Å². The Labute approximate surface area is 121 Å². The molecule has 1 aliphatic rings. The van der Waals surface area contributed by atoms with Gasteiger partial charge in [-0.2, -0.15) is 0 Å². The number of nitrogens with zero attached hydrogens (tertiary/aromatic N) is 1. The quantitative estimate of drug-likeness (QED) is 0.635. The van der Waals surface area contributed by atoms with E-state index in [0.717, 1.165) is 0 Å². The second-order valence-corrected chi connectivity index (χ2v) is 6.80. The van der Waals surface area contributed by atoms with Gasteiger partial charge in [-0.25, -0.2) is 0 Å². The monoisotopic (exact) mass is 268 g/mol. The van der Waals surface area contributed by atoms with Crippen molar-refractivity contribution in [3.63, 3.8) is 0 Å². The standard InChI is InChI=1S/C17H36N2/c1-5-7-8-13-19(16(3)4)15-17(10-6-2)11-9-12-18-14-17/h16,18H,5-15H2,1-4H3. The van der Waals surface area contributed by atoms with E-state index in [2.05, 4.69) is 37.9 Å². The van der Waals surface area contributed by atoms with Crippen molar-refractivity contribution >= 4 is 0 Å². The van der Waals surface area contributed by atoms with Crippen molar-refractivity contribution in [1.82, 2.24) is 10.2 Å². The van der Waals surface area contributed by atoms with Crippen molar-refractivity contribution in [3.05, 3.63) is 0 Å². The Morgan fingerprint density at radius 2 is 1.95 bits per heavy atom. The van der Waals surface area contributed by atoms with Crippen molar-refractivity contribution in [2.24, 2.45) is 5.41 Å². The minimum atomic E-state index is 0.545. The predicted molar refractivity (Wildman–Crippen MR) is 85.7 cm³/mol. The van der Waals surface area contributed by atoms with E-state index in [-0.39, 0.29) is 0 Å². The number of unbranched alkanes of at least 4 members (excludes halogenated alkanes) is 2.